The number of piperidine rings is 1. The Morgan fingerprint density at radius 1 is 1.36 bits per heavy atom. The van der Waals surface area contributed by atoms with Gasteiger partial charge in [-0.05, 0) is 24.5 Å². The van der Waals surface area contributed by atoms with Gasteiger partial charge in [-0.15, -0.1) is 0 Å². The molecule has 3 rings (SSSR count). The van der Waals surface area contributed by atoms with Crippen LogP contribution in [0.1, 0.15) is 24.8 Å². The molecule has 1 atom stereocenters. The minimum absolute atomic E-state index is 0.0782. The molecule has 2 saturated heterocycles. The zero-order valence-electron chi connectivity index (χ0n) is 12.6. The van der Waals surface area contributed by atoms with Crippen LogP contribution < -0.4 is 5.73 Å². The van der Waals surface area contributed by atoms with Crippen LogP contribution in [0, 0.1) is 5.92 Å². The van der Waals surface area contributed by atoms with Crippen LogP contribution in [0.25, 0.3) is 0 Å². The Morgan fingerprint density at radius 3 is 2.73 bits per heavy atom. The van der Waals surface area contributed by atoms with Crippen LogP contribution in [0.3, 0.4) is 0 Å². The van der Waals surface area contributed by atoms with Crippen molar-refractivity contribution in [1.82, 2.24) is 14.8 Å². The zero-order valence-corrected chi connectivity index (χ0v) is 12.6. The van der Waals surface area contributed by atoms with Gasteiger partial charge >= 0.3 is 0 Å². The van der Waals surface area contributed by atoms with E-state index in [2.05, 4.69) is 16.0 Å². The van der Waals surface area contributed by atoms with Crippen molar-refractivity contribution in [2.45, 2.75) is 31.8 Å². The normalized spacial score (nSPS) is 23.9. The fraction of sp³-hybridized carbons (Fsp3) is 0.562. The molecule has 2 amide bonds. The largest absolute Gasteiger partial charge is 0.369 e. The van der Waals surface area contributed by atoms with Gasteiger partial charge in [0.15, 0.2) is 0 Å². The van der Waals surface area contributed by atoms with Crippen molar-refractivity contribution < 1.29 is 9.59 Å². The molecule has 2 aliphatic rings. The Morgan fingerprint density at radius 2 is 2.14 bits per heavy atom. The summed E-state index contributed by atoms with van der Waals surface area (Å²) in [7, 11) is 0. The van der Waals surface area contributed by atoms with Crippen LogP contribution in [0.2, 0.25) is 0 Å². The van der Waals surface area contributed by atoms with Crippen LogP contribution >= 0.6 is 0 Å². The molecule has 0 aromatic carbocycles. The predicted octanol–water partition coefficient (Wildman–Crippen LogP) is 0.380. The molecule has 0 aliphatic carbocycles. The first-order valence-corrected chi connectivity index (χ1v) is 7.83. The second kappa shape index (κ2) is 6.44. The van der Waals surface area contributed by atoms with Gasteiger partial charge in [-0.25, -0.2) is 0 Å². The van der Waals surface area contributed by atoms with E-state index in [1.54, 1.807) is 6.20 Å². The summed E-state index contributed by atoms with van der Waals surface area (Å²) in [6, 6.07) is 4.29. The summed E-state index contributed by atoms with van der Waals surface area (Å²) in [6.07, 6.45) is 5.87. The molecule has 6 heteroatoms. The van der Waals surface area contributed by atoms with Gasteiger partial charge in [0.25, 0.3) is 0 Å². The average Bonchev–Trinajstić information content (AvgIpc) is 2.91. The second-order valence-corrected chi connectivity index (χ2v) is 6.22. The van der Waals surface area contributed by atoms with Gasteiger partial charge in [0.1, 0.15) is 0 Å². The summed E-state index contributed by atoms with van der Waals surface area (Å²) in [6.45, 7) is 3.33. The molecule has 0 saturated carbocycles. The Bertz CT molecular complexity index is 540. The molecule has 0 radical (unpaired) electrons. The highest BCUT2D eigenvalue weighted by Crippen LogP contribution is 2.25. The predicted molar refractivity (Wildman–Crippen MR) is 81.6 cm³/mol. The highest BCUT2D eigenvalue weighted by molar-refractivity contribution is 5.88. The number of primary amides is 1. The van der Waals surface area contributed by atoms with Gasteiger partial charge in [0.2, 0.25) is 11.8 Å². The molecule has 1 aromatic rings. The van der Waals surface area contributed by atoms with Crippen LogP contribution in [0.15, 0.2) is 24.5 Å². The third-order valence-electron chi connectivity index (χ3n) is 4.69. The number of likely N-dealkylation sites (tertiary alicyclic amines) is 2. The van der Waals surface area contributed by atoms with Crippen LogP contribution in [-0.2, 0) is 16.1 Å². The van der Waals surface area contributed by atoms with Crippen molar-refractivity contribution in [2.75, 3.05) is 19.6 Å². The summed E-state index contributed by atoms with van der Waals surface area (Å²) < 4.78 is 0. The van der Waals surface area contributed by atoms with E-state index in [1.165, 1.54) is 5.56 Å². The maximum absolute atomic E-state index is 12.1. The van der Waals surface area contributed by atoms with Gasteiger partial charge in [-0.1, -0.05) is 6.07 Å². The molecule has 6 nitrogen and oxygen atoms in total. The molecule has 118 valence electrons. The standard InChI is InChI=1S/C16H22N4O2/c17-16(22)13-8-15(21)20(11-13)14-3-6-19(7-4-14)10-12-2-1-5-18-9-12/h1-2,5,9,13-14H,3-4,6-8,10-11H2,(H2,17,22). The van der Waals surface area contributed by atoms with E-state index in [9.17, 15) is 9.59 Å². The Hall–Kier alpha value is -1.95. The van der Waals surface area contributed by atoms with E-state index in [0.717, 1.165) is 32.5 Å². The molecule has 1 unspecified atom stereocenters. The van der Waals surface area contributed by atoms with Crippen molar-refractivity contribution in [3.63, 3.8) is 0 Å². The quantitative estimate of drug-likeness (QED) is 0.872. The lowest BCUT2D eigenvalue weighted by atomic mass is 10.0. The number of hydrogen-bond acceptors (Lipinski definition) is 4. The zero-order chi connectivity index (χ0) is 15.5. The lowest BCUT2D eigenvalue weighted by Gasteiger charge is -2.36. The maximum atomic E-state index is 12.1. The van der Waals surface area contributed by atoms with E-state index in [1.807, 2.05) is 17.2 Å². The summed E-state index contributed by atoms with van der Waals surface area (Å²) >= 11 is 0. The topological polar surface area (TPSA) is 79.5 Å². The first-order valence-electron chi connectivity index (χ1n) is 7.83. The average molecular weight is 302 g/mol. The summed E-state index contributed by atoms with van der Waals surface area (Å²) in [4.78, 5) is 31.7. The summed E-state index contributed by atoms with van der Waals surface area (Å²) in [5.74, 6) is -0.583. The van der Waals surface area contributed by atoms with Crippen molar-refractivity contribution in [3.05, 3.63) is 30.1 Å². The van der Waals surface area contributed by atoms with E-state index in [4.69, 9.17) is 5.73 Å². The monoisotopic (exact) mass is 302 g/mol. The molecule has 0 spiro atoms. The van der Waals surface area contributed by atoms with Crippen molar-refractivity contribution in [3.8, 4) is 0 Å². The number of nitrogens with two attached hydrogens (primary N) is 1. The molecule has 1 aromatic heterocycles. The second-order valence-electron chi connectivity index (χ2n) is 6.22. The Balaban J connectivity index is 1.52. The first-order chi connectivity index (χ1) is 10.6. The number of rotatable bonds is 4. The lowest BCUT2D eigenvalue weighted by molar-refractivity contribution is -0.130. The number of nitrogens with zero attached hydrogens (tertiary/aromatic N) is 3. The number of hydrogen-bond donors (Lipinski definition) is 1. The van der Waals surface area contributed by atoms with Gasteiger partial charge in [-0.2, -0.15) is 0 Å². The molecular formula is C16H22N4O2. The molecule has 22 heavy (non-hydrogen) atoms. The summed E-state index contributed by atoms with van der Waals surface area (Å²) in [5, 5.41) is 0. The van der Waals surface area contributed by atoms with E-state index < -0.39 is 0 Å². The number of amides is 2. The molecule has 2 fully saturated rings. The SMILES string of the molecule is NC(=O)C1CC(=O)N(C2CCN(Cc3cccnc3)CC2)C1. The number of carbonyl (C=O) groups is 2. The van der Waals surface area contributed by atoms with E-state index >= 15 is 0 Å². The molecular weight excluding hydrogens is 280 g/mol. The van der Waals surface area contributed by atoms with Crippen molar-refractivity contribution in [2.24, 2.45) is 11.7 Å². The highest BCUT2D eigenvalue weighted by atomic mass is 16.2. The Kier molecular flexibility index (Phi) is 4.38. The summed E-state index contributed by atoms with van der Waals surface area (Å²) in [5.41, 5.74) is 6.54. The first kappa shape index (κ1) is 15.0. The maximum Gasteiger partial charge on any atom is 0.223 e. The van der Waals surface area contributed by atoms with Crippen molar-refractivity contribution >= 4 is 11.8 Å². The van der Waals surface area contributed by atoms with Crippen molar-refractivity contribution in [1.29, 1.82) is 0 Å². The molecule has 2 N–H and O–H groups in total. The Labute approximate surface area is 130 Å². The minimum Gasteiger partial charge on any atom is -0.369 e. The van der Waals surface area contributed by atoms with Crippen LogP contribution in [0.5, 0.6) is 0 Å². The van der Waals surface area contributed by atoms with Gasteiger partial charge in [0.05, 0.1) is 5.92 Å². The fourth-order valence-corrected chi connectivity index (χ4v) is 3.41. The number of aromatic nitrogens is 1. The fourth-order valence-electron chi connectivity index (χ4n) is 3.41. The van der Waals surface area contributed by atoms with Crippen LogP contribution in [-0.4, -0.2) is 52.3 Å². The highest BCUT2D eigenvalue weighted by Gasteiger charge is 2.37. The van der Waals surface area contributed by atoms with E-state index in [-0.39, 0.29) is 30.2 Å². The smallest absolute Gasteiger partial charge is 0.223 e. The third-order valence-corrected chi connectivity index (χ3v) is 4.69. The molecule has 0 bridgehead atoms. The van der Waals surface area contributed by atoms with Gasteiger partial charge in [0, 0.05) is 51.0 Å². The third kappa shape index (κ3) is 3.27. The van der Waals surface area contributed by atoms with Crippen LogP contribution in [0.4, 0.5) is 0 Å². The van der Waals surface area contributed by atoms with Gasteiger partial charge < -0.3 is 10.6 Å². The lowest BCUT2D eigenvalue weighted by Crippen LogP contribution is -2.45. The van der Waals surface area contributed by atoms with E-state index in [0.29, 0.717) is 6.54 Å². The van der Waals surface area contributed by atoms with Gasteiger partial charge in [-0.3, -0.25) is 19.5 Å². The number of pyridine rings is 1. The number of carbonyl (C=O) groups excluding carboxylic acids is 2. The minimum atomic E-state index is -0.357. The molecule has 3 heterocycles. The molecule has 2 aliphatic heterocycles.